The third kappa shape index (κ3) is 4.25. The molecule has 0 radical (unpaired) electrons. The van der Waals surface area contributed by atoms with Crippen molar-refractivity contribution < 1.29 is 4.74 Å². The largest absolute Gasteiger partial charge is 0.494 e. The number of ether oxygens (including phenoxy) is 1. The van der Waals surface area contributed by atoms with Crippen LogP contribution >= 0.6 is 11.6 Å². The molecule has 22 heavy (non-hydrogen) atoms. The van der Waals surface area contributed by atoms with Crippen molar-refractivity contribution in [1.29, 1.82) is 0 Å². The van der Waals surface area contributed by atoms with E-state index in [1.807, 2.05) is 26.0 Å². The van der Waals surface area contributed by atoms with Crippen molar-refractivity contribution in [2.45, 2.75) is 33.3 Å². The molecule has 0 saturated carbocycles. The molecule has 3 heteroatoms. The quantitative estimate of drug-likeness (QED) is 0.672. The first-order valence-electron chi connectivity index (χ1n) is 7.75. The second kappa shape index (κ2) is 8.21. The lowest BCUT2D eigenvalue weighted by atomic mass is 9.91. The third-order valence-corrected chi connectivity index (χ3v) is 3.98. The van der Waals surface area contributed by atoms with Crippen molar-refractivity contribution in [3.8, 4) is 0 Å². The van der Waals surface area contributed by atoms with Gasteiger partial charge in [0.05, 0.1) is 5.76 Å². The van der Waals surface area contributed by atoms with Crippen LogP contribution in [0.4, 0.5) is 0 Å². The molecular weight excluding hydrogens is 294 g/mol. The molecule has 1 N–H and O–H groups in total. The second-order valence-corrected chi connectivity index (χ2v) is 5.96. The zero-order chi connectivity index (χ0) is 15.9. The van der Waals surface area contributed by atoms with Gasteiger partial charge in [0, 0.05) is 5.02 Å². The van der Waals surface area contributed by atoms with Crippen molar-refractivity contribution in [3.05, 3.63) is 64.4 Å². The van der Waals surface area contributed by atoms with E-state index in [4.69, 9.17) is 16.3 Å². The number of rotatable bonds is 0. The fourth-order valence-corrected chi connectivity index (χ4v) is 2.94. The van der Waals surface area contributed by atoms with E-state index >= 15 is 0 Å². The van der Waals surface area contributed by atoms with E-state index in [1.54, 1.807) is 6.08 Å². The van der Waals surface area contributed by atoms with E-state index in [0.29, 0.717) is 6.61 Å². The number of fused-ring (bicyclic) bond motifs is 1. The highest BCUT2D eigenvalue weighted by molar-refractivity contribution is 6.30. The summed E-state index contributed by atoms with van der Waals surface area (Å²) in [6.45, 7) is 10.0. The van der Waals surface area contributed by atoms with Gasteiger partial charge in [0.15, 0.2) is 0 Å². The van der Waals surface area contributed by atoms with Crippen molar-refractivity contribution in [2.24, 2.45) is 0 Å². The number of piperidine rings is 1. The monoisotopic (exact) mass is 317 g/mol. The maximum absolute atomic E-state index is 6.10. The minimum absolute atomic E-state index is 0.604. The van der Waals surface area contributed by atoms with Crippen LogP contribution in [0.1, 0.15) is 37.8 Å². The molecule has 1 aromatic carbocycles. The molecule has 2 aliphatic rings. The molecule has 0 bridgehead atoms. The number of nitrogens with one attached hydrogen (secondary N) is 1. The Morgan fingerprint density at radius 1 is 1.27 bits per heavy atom. The minimum atomic E-state index is 0.604. The minimum Gasteiger partial charge on any atom is -0.494 e. The van der Waals surface area contributed by atoms with Gasteiger partial charge in [0.2, 0.25) is 0 Å². The van der Waals surface area contributed by atoms with Gasteiger partial charge in [-0.05, 0) is 74.7 Å². The summed E-state index contributed by atoms with van der Waals surface area (Å²) in [7, 11) is 0. The van der Waals surface area contributed by atoms with Crippen LogP contribution in [-0.4, -0.2) is 13.1 Å². The van der Waals surface area contributed by atoms with Crippen molar-refractivity contribution >= 4 is 17.2 Å². The Morgan fingerprint density at radius 2 is 1.95 bits per heavy atom. The second-order valence-electron chi connectivity index (χ2n) is 5.52. The van der Waals surface area contributed by atoms with Crippen LogP contribution in [0.3, 0.4) is 0 Å². The number of benzene rings is 1. The van der Waals surface area contributed by atoms with Gasteiger partial charge in [-0.2, -0.15) is 0 Å². The highest BCUT2D eigenvalue weighted by atomic mass is 35.5. The molecule has 2 heterocycles. The van der Waals surface area contributed by atoms with E-state index in [0.717, 1.165) is 36.7 Å². The fourth-order valence-electron chi connectivity index (χ4n) is 2.75. The summed E-state index contributed by atoms with van der Waals surface area (Å²) < 4.78 is 5.76. The van der Waals surface area contributed by atoms with E-state index in [2.05, 4.69) is 24.0 Å². The van der Waals surface area contributed by atoms with Gasteiger partial charge < -0.3 is 10.1 Å². The number of hydrogen-bond acceptors (Lipinski definition) is 2. The van der Waals surface area contributed by atoms with E-state index in [9.17, 15) is 0 Å². The third-order valence-electron chi connectivity index (χ3n) is 3.75. The summed E-state index contributed by atoms with van der Waals surface area (Å²) in [6.07, 6.45) is 6.16. The normalized spacial score (nSPS) is 17.3. The summed E-state index contributed by atoms with van der Waals surface area (Å²) in [5.74, 6) is 0.980. The van der Waals surface area contributed by atoms with Crippen molar-refractivity contribution in [2.75, 3.05) is 13.1 Å². The molecule has 1 aromatic rings. The van der Waals surface area contributed by atoms with Crippen LogP contribution in [0, 0.1) is 0 Å². The average Bonchev–Trinajstić information content (AvgIpc) is 2.68. The predicted molar refractivity (Wildman–Crippen MR) is 94.9 cm³/mol. The molecule has 2 aliphatic heterocycles. The van der Waals surface area contributed by atoms with Crippen LogP contribution < -0.4 is 5.32 Å². The van der Waals surface area contributed by atoms with Crippen LogP contribution in [-0.2, 0) is 11.3 Å². The lowest BCUT2D eigenvalue weighted by Crippen LogP contribution is -2.23. The van der Waals surface area contributed by atoms with Crippen LogP contribution in [0.2, 0.25) is 5.02 Å². The predicted octanol–water partition coefficient (Wildman–Crippen LogP) is 5.10. The van der Waals surface area contributed by atoms with Gasteiger partial charge in [-0.1, -0.05) is 29.3 Å². The first kappa shape index (κ1) is 16.9. The molecule has 118 valence electrons. The molecule has 2 nitrogen and oxygen atoms in total. The maximum atomic E-state index is 6.10. The molecule has 1 saturated heterocycles. The highest BCUT2D eigenvalue weighted by Gasteiger charge is 2.17. The Labute approximate surface area is 138 Å². The summed E-state index contributed by atoms with van der Waals surface area (Å²) in [5, 5.41) is 4.18. The molecular formula is C19H24ClNO. The molecule has 0 atom stereocenters. The molecule has 0 spiro atoms. The van der Waals surface area contributed by atoms with Crippen LogP contribution in [0.5, 0.6) is 0 Å². The number of hydrogen-bond donors (Lipinski definition) is 1. The Bertz CT molecular complexity index is 593. The SMILES string of the molecule is C=CC.CC1=CC(=C2CCNCC2)c2ccc(Cl)cc2CO1. The van der Waals surface area contributed by atoms with Crippen LogP contribution in [0.15, 0.2) is 48.3 Å². The van der Waals surface area contributed by atoms with Crippen molar-refractivity contribution in [3.63, 3.8) is 0 Å². The summed E-state index contributed by atoms with van der Waals surface area (Å²) >= 11 is 6.10. The number of allylic oxidation sites excluding steroid dienone is 4. The Kier molecular flexibility index (Phi) is 6.29. The average molecular weight is 318 g/mol. The molecule has 1 fully saturated rings. The standard InChI is InChI=1S/C16H18ClNO.C3H6/c1-11-8-16(12-4-6-18-7-5-12)15-3-2-14(17)9-13(15)10-19-11;1-3-2/h2-3,8-9,18H,4-7,10H2,1H3;3H,1H2,2H3. The zero-order valence-corrected chi connectivity index (χ0v) is 14.2. The van der Waals surface area contributed by atoms with Gasteiger partial charge in [-0.25, -0.2) is 0 Å². The lowest BCUT2D eigenvalue weighted by Gasteiger charge is -2.19. The van der Waals surface area contributed by atoms with E-state index in [-0.39, 0.29) is 0 Å². The van der Waals surface area contributed by atoms with Gasteiger partial charge in [-0.3, -0.25) is 0 Å². The van der Waals surface area contributed by atoms with Gasteiger partial charge in [0.1, 0.15) is 6.61 Å². The maximum Gasteiger partial charge on any atom is 0.113 e. The van der Waals surface area contributed by atoms with Crippen LogP contribution in [0.25, 0.3) is 5.57 Å². The van der Waals surface area contributed by atoms with E-state index < -0.39 is 0 Å². The first-order chi connectivity index (χ1) is 10.7. The summed E-state index contributed by atoms with van der Waals surface area (Å²) in [6, 6.07) is 6.11. The van der Waals surface area contributed by atoms with Gasteiger partial charge in [0.25, 0.3) is 0 Å². The summed E-state index contributed by atoms with van der Waals surface area (Å²) in [5.41, 5.74) is 5.31. The van der Waals surface area contributed by atoms with Gasteiger partial charge in [-0.15, -0.1) is 6.58 Å². The molecule has 0 aromatic heterocycles. The highest BCUT2D eigenvalue weighted by Crippen LogP contribution is 2.33. The fraction of sp³-hybridized carbons (Fsp3) is 0.368. The first-order valence-corrected chi connectivity index (χ1v) is 8.13. The summed E-state index contributed by atoms with van der Waals surface area (Å²) in [4.78, 5) is 0. The Hall–Kier alpha value is -1.51. The molecule has 3 rings (SSSR count). The van der Waals surface area contributed by atoms with Crippen molar-refractivity contribution in [1.82, 2.24) is 5.32 Å². The molecule has 0 amide bonds. The van der Waals surface area contributed by atoms with E-state index in [1.165, 1.54) is 22.3 Å². The topological polar surface area (TPSA) is 21.3 Å². The molecule has 0 aliphatic carbocycles. The smallest absolute Gasteiger partial charge is 0.113 e. The lowest BCUT2D eigenvalue weighted by molar-refractivity contribution is 0.202. The Balaban J connectivity index is 0.000000545. The van der Waals surface area contributed by atoms with Gasteiger partial charge >= 0.3 is 0 Å². The number of halogens is 1. The zero-order valence-electron chi connectivity index (χ0n) is 13.4. The Morgan fingerprint density at radius 3 is 2.64 bits per heavy atom. The molecule has 0 unspecified atom stereocenters.